The molecule has 0 saturated heterocycles. The highest BCUT2D eigenvalue weighted by Gasteiger charge is 2.25. The van der Waals surface area contributed by atoms with E-state index < -0.39 is 6.09 Å². The van der Waals surface area contributed by atoms with Gasteiger partial charge in [-0.1, -0.05) is 29.8 Å². The molecule has 1 N–H and O–H groups in total. The predicted octanol–water partition coefficient (Wildman–Crippen LogP) is 3.32. The molecule has 0 bridgehead atoms. The first-order chi connectivity index (χ1) is 7.80. The van der Waals surface area contributed by atoms with Gasteiger partial charge in [-0.2, -0.15) is 0 Å². The maximum Gasteiger partial charge on any atom is 0.407 e. The van der Waals surface area contributed by atoms with Crippen molar-refractivity contribution < 1.29 is 9.90 Å². The van der Waals surface area contributed by atoms with Crippen LogP contribution in [-0.4, -0.2) is 28.2 Å². The molecule has 0 spiro atoms. The quantitative estimate of drug-likeness (QED) is 0.873. The number of hydrogen-bond donors (Lipinski definition) is 1. The molecule has 3 nitrogen and oxygen atoms in total. The van der Waals surface area contributed by atoms with Crippen LogP contribution in [0.2, 0.25) is 0 Å². The molecule has 1 rings (SSSR count). The highest BCUT2D eigenvalue weighted by molar-refractivity contribution is 5.66. The van der Waals surface area contributed by atoms with Crippen LogP contribution < -0.4 is 0 Å². The van der Waals surface area contributed by atoms with Crippen molar-refractivity contribution in [2.75, 3.05) is 6.54 Å². The second-order valence-corrected chi connectivity index (χ2v) is 5.34. The van der Waals surface area contributed by atoms with Crippen LogP contribution in [0.4, 0.5) is 4.79 Å². The first-order valence-electron chi connectivity index (χ1n) is 5.87. The maximum absolute atomic E-state index is 11.1. The van der Waals surface area contributed by atoms with Crippen molar-refractivity contribution >= 4 is 6.09 Å². The lowest BCUT2D eigenvalue weighted by Gasteiger charge is -2.33. The third kappa shape index (κ3) is 4.10. The van der Waals surface area contributed by atoms with Crippen molar-refractivity contribution in [3.8, 4) is 0 Å². The van der Waals surface area contributed by atoms with Crippen LogP contribution in [0.25, 0.3) is 0 Å². The number of amides is 1. The maximum atomic E-state index is 11.1. The van der Waals surface area contributed by atoms with Gasteiger partial charge in [0.2, 0.25) is 0 Å². The molecule has 0 atom stereocenters. The Bertz CT molecular complexity index is 376. The highest BCUT2D eigenvalue weighted by atomic mass is 16.4. The van der Waals surface area contributed by atoms with E-state index in [1.165, 1.54) is 16.0 Å². The third-order valence-corrected chi connectivity index (χ3v) is 2.79. The Labute approximate surface area is 103 Å². The molecule has 17 heavy (non-hydrogen) atoms. The summed E-state index contributed by atoms with van der Waals surface area (Å²) in [6.45, 7) is 8.31. The molecule has 0 aromatic heterocycles. The normalized spacial score (nSPS) is 11.3. The van der Waals surface area contributed by atoms with E-state index in [0.717, 1.165) is 6.42 Å². The molecule has 3 heteroatoms. The molecule has 0 unspecified atom stereocenters. The zero-order chi connectivity index (χ0) is 13.1. The van der Waals surface area contributed by atoms with Crippen molar-refractivity contribution in [3.63, 3.8) is 0 Å². The monoisotopic (exact) mass is 235 g/mol. The molecule has 0 aliphatic carbocycles. The van der Waals surface area contributed by atoms with E-state index in [2.05, 4.69) is 24.3 Å². The van der Waals surface area contributed by atoms with Gasteiger partial charge >= 0.3 is 6.09 Å². The van der Waals surface area contributed by atoms with Crippen LogP contribution >= 0.6 is 0 Å². The Balaban J connectivity index is 2.65. The lowest BCUT2D eigenvalue weighted by atomic mass is 10.0. The van der Waals surface area contributed by atoms with Gasteiger partial charge in [-0.05, 0) is 39.7 Å². The molecule has 0 aliphatic heterocycles. The Kier molecular flexibility index (Phi) is 4.16. The summed E-state index contributed by atoms with van der Waals surface area (Å²) in [6, 6.07) is 8.21. The largest absolute Gasteiger partial charge is 0.465 e. The first-order valence-corrected chi connectivity index (χ1v) is 5.87. The standard InChI is InChI=1S/C14H21NO2/c1-11-5-7-12(8-6-11)9-10-15(13(16)17)14(2,3)4/h5-8H,9-10H2,1-4H3,(H,16,17). The lowest BCUT2D eigenvalue weighted by molar-refractivity contribution is 0.101. The van der Waals surface area contributed by atoms with Gasteiger partial charge in [0.1, 0.15) is 0 Å². The van der Waals surface area contributed by atoms with Gasteiger partial charge in [-0.3, -0.25) is 0 Å². The van der Waals surface area contributed by atoms with Crippen LogP contribution in [0.15, 0.2) is 24.3 Å². The Morgan fingerprint density at radius 2 is 1.76 bits per heavy atom. The van der Waals surface area contributed by atoms with Gasteiger partial charge in [0.25, 0.3) is 0 Å². The summed E-state index contributed by atoms with van der Waals surface area (Å²) < 4.78 is 0. The fraction of sp³-hybridized carbons (Fsp3) is 0.500. The number of hydrogen-bond acceptors (Lipinski definition) is 1. The number of nitrogens with zero attached hydrogens (tertiary/aromatic N) is 1. The average molecular weight is 235 g/mol. The van der Waals surface area contributed by atoms with Crippen LogP contribution in [-0.2, 0) is 6.42 Å². The summed E-state index contributed by atoms with van der Waals surface area (Å²) in [5.41, 5.74) is 2.04. The van der Waals surface area contributed by atoms with Gasteiger partial charge < -0.3 is 10.0 Å². The van der Waals surface area contributed by atoms with Crippen LogP contribution in [0.3, 0.4) is 0 Å². The van der Waals surface area contributed by atoms with E-state index in [-0.39, 0.29) is 5.54 Å². The second-order valence-electron chi connectivity index (χ2n) is 5.34. The summed E-state index contributed by atoms with van der Waals surface area (Å²) >= 11 is 0. The molecule has 0 saturated carbocycles. The van der Waals surface area contributed by atoms with E-state index in [0.29, 0.717) is 6.54 Å². The minimum Gasteiger partial charge on any atom is -0.465 e. The Hall–Kier alpha value is -1.51. The van der Waals surface area contributed by atoms with Gasteiger partial charge in [0, 0.05) is 12.1 Å². The van der Waals surface area contributed by atoms with Crippen molar-refractivity contribution in [1.82, 2.24) is 4.90 Å². The second kappa shape index (κ2) is 5.21. The van der Waals surface area contributed by atoms with E-state index in [4.69, 9.17) is 5.11 Å². The summed E-state index contributed by atoms with van der Waals surface area (Å²) in [5, 5.41) is 9.16. The van der Waals surface area contributed by atoms with Crippen LogP contribution in [0, 0.1) is 6.92 Å². The molecule has 1 aromatic carbocycles. The van der Waals surface area contributed by atoms with E-state index in [9.17, 15) is 4.79 Å². The summed E-state index contributed by atoms with van der Waals surface area (Å²) in [7, 11) is 0. The molecule has 0 radical (unpaired) electrons. The Morgan fingerprint density at radius 3 is 2.18 bits per heavy atom. The third-order valence-electron chi connectivity index (χ3n) is 2.79. The minimum absolute atomic E-state index is 0.351. The van der Waals surface area contributed by atoms with Crippen LogP contribution in [0.5, 0.6) is 0 Å². The lowest BCUT2D eigenvalue weighted by Crippen LogP contribution is -2.45. The molecule has 1 amide bonds. The first kappa shape index (κ1) is 13.6. The van der Waals surface area contributed by atoms with E-state index >= 15 is 0 Å². The molecular weight excluding hydrogens is 214 g/mol. The number of benzene rings is 1. The average Bonchev–Trinajstić information content (AvgIpc) is 2.18. The molecule has 1 aromatic rings. The van der Waals surface area contributed by atoms with Gasteiger partial charge in [-0.25, -0.2) is 4.79 Å². The molecule has 0 heterocycles. The number of carboxylic acid groups (broad SMARTS) is 1. The van der Waals surface area contributed by atoms with Gasteiger partial charge in [0.15, 0.2) is 0 Å². The summed E-state index contributed by atoms with van der Waals surface area (Å²) in [5.74, 6) is 0. The smallest absolute Gasteiger partial charge is 0.407 e. The Morgan fingerprint density at radius 1 is 1.24 bits per heavy atom. The number of aryl methyl sites for hydroxylation is 1. The minimum atomic E-state index is -0.857. The van der Waals surface area contributed by atoms with Crippen molar-refractivity contribution in [2.24, 2.45) is 0 Å². The van der Waals surface area contributed by atoms with E-state index in [1.807, 2.05) is 27.7 Å². The molecule has 0 aliphatic rings. The molecular formula is C14H21NO2. The zero-order valence-electron chi connectivity index (χ0n) is 11.0. The van der Waals surface area contributed by atoms with E-state index in [1.54, 1.807) is 0 Å². The molecule has 0 fully saturated rings. The fourth-order valence-corrected chi connectivity index (χ4v) is 1.71. The number of rotatable bonds is 3. The van der Waals surface area contributed by atoms with Gasteiger partial charge in [0.05, 0.1) is 0 Å². The molecule has 94 valence electrons. The zero-order valence-corrected chi connectivity index (χ0v) is 11.0. The fourth-order valence-electron chi connectivity index (χ4n) is 1.71. The topological polar surface area (TPSA) is 40.5 Å². The van der Waals surface area contributed by atoms with Gasteiger partial charge in [-0.15, -0.1) is 0 Å². The van der Waals surface area contributed by atoms with Crippen molar-refractivity contribution in [1.29, 1.82) is 0 Å². The summed E-state index contributed by atoms with van der Waals surface area (Å²) in [4.78, 5) is 12.6. The predicted molar refractivity (Wildman–Crippen MR) is 69.4 cm³/mol. The van der Waals surface area contributed by atoms with Crippen LogP contribution in [0.1, 0.15) is 31.9 Å². The highest BCUT2D eigenvalue weighted by Crippen LogP contribution is 2.14. The number of carbonyl (C=O) groups is 1. The van der Waals surface area contributed by atoms with Crippen molar-refractivity contribution in [2.45, 2.75) is 39.7 Å². The SMILES string of the molecule is Cc1ccc(CCN(C(=O)O)C(C)(C)C)cc1. The van der Waals surface area contributed by atoms with Crippen molar-refractivity contribution in [3.05, 3.63) is 35.4 Å². The summed E-state index contributed by atoms with van der Waals surface area (Å²) in [6.07, 6.45) is -0.103.